The van der Waals surface area contributed by atoms with Crippen LogP contribution in [0.1, 0.15) is 0 Å². The van der Waals surface area contributed by atoms with Crippen LogP contribution < -0.4 is 4.74 Å². The van der Waals surface area contributed by atoms with E-state index in [1.165, 1.54) is 0 Å². The molecule has 2 aromatic heterocycles. The topological polar surface area (TPSA) is 52.8 Å². The van der Waals surface area contributed by atoms with E-state index in [2.05, 4.69) is 15.0 Å². The van der Waals surface area contributed by atoms with Crippen molar-refractivity contribution in [2.75, 3.05) is 0 Å². The average molecular weight is 238 g/mol. The Balaban J connectivity index is 1.88. The molecule has 5 heteroatoms. The molecule has 0 unspecified atom stereocenters. The van der Waals surface area contributed by atoms with E-state index in [1.807, 2.05) is 36.5 Å². The van der Waals surface area contributed by atoms with Gasteiger partial charge in [0.25, 0.3) is 0 Å². The van der Waals surface area contributed by atoms with Crippen LogP contribution in [0, 0.1) is 0 Å². The van der Waals surface area contributed by atoms with Crippen LogP contribution in [0.15, 0.2) is 61.3 Å². The number of benzene rings is 1. The Morgan fingerprint density at radius 3 is 2.67 bits per heavy atom. The fraction of sp³-hybridized carbons (Fsp3) is 0. The Hall–Kier alpha value is -2.69. The molecule has 0 aliphatic heterocycles. The van der Waals surface area contributed by atoms with Crippen molar-refractivity contribution >= 4 is 0 Å². The summed E-state index contributed by atoms with van der Waals surface area (Å²) in [5, 5.41) is 0. The van der Waals surface area contributed by atoms with Crippen molar-refractivity contribution in [2.45, 2.75) is 0 Å². The van der Waals surface area contributed by atoms with Crippen molar-refractivity contribution in [2.24, 2.45) is 0 Å². The Morgan fingerprint density at radius 1 is 1.00 bits per heavy atom. The van der Waals surface area contributed by atoms with Gasteiger partial charge in [0.2, 0.25) is 0 Å². The quantitative estimate of drug-likeness (QED) is 0.703. The van der Waals surface area contributed by atoms with E-state index in [0.29, 0.717) is 17.6 Å². The lowest BCUT2D eigenvalue weighted by Crippen LogP contribution is -1.98. The number of hydrogen-bond acceptors (Lipinski definition) is 4. The van der Waals surface area contributed by atoms with Crippen LogP contribution in [-0.2, 0) is 0 Å². The Labute approximate surface area is 104 Å². The first-order chi connectivity index (χ1) is 8.92. The summed E-state index contributed by atoms with van der Waals surface area (Å²) in [5.74, 6) is 1.42. The first kappa shape index (κ1) is 10.5. The average Bonchev–Trinajstić information content (AvgIpc) is 2.94. The van der Waals surface area contributed by atoms with Gasteiger partial charge in [-0.3, -0.25) is 4.57 Å². The van der Waals surface area contributed by atoms with Gasteiger partial charge in [-0.05, 0) is 12.1 Å². The van der Waals surface area contributed by atoms with Gasteiger partial charge in [0.05, 0.1) is 0 Å². The van der Waals surface area contributed by atoms with E-state index in [1.54, 1.807) is 29.4 Å². The molecule has 0 aliphatic rings. The summed E-state index contributed by atoms with van der Waals surface area (Å²) in [5.41, 5.74) is 0. The summed E-state index contributed by atoms with van der Waals surface area (Å²) in [7, 11) is 0. The van der Waals surface area contributed by atoms with E-state index in [-0.39, 0.29) is 0 Å². The van der Waals surface area contributed by atoms with Crippen LogP contribution in [0.2, 0.25) is 0 Å². The van der Waals surface area contributed by atoms with Gasteiger partial charge < -0.3 is 4.74 Å². The largest absolute Gasteiger partial charge is 0.424 e. The lowest BCUT2D eigenvalue weighted by Gasteiger charge is -2.05. The predicted octanol–water partition coefficient (Wildman–Crippen LogP) is 2.45. The molecular weight excluding hydrogens is 228 g/mol. The third-order valence-corrected chi connectivity index (χ3v) is 2.34. The third-order valence-electron chi connectivity index (χ3n) is 2.34. The molecule has 0 saturated heterocycles. The number of aromatic nitrogens is 4. The second kappa shape index (κ2) is 4.67. The molecule has 0 fully saturated rings. The molecule has 0 amide bonds. The van der Waals surface area contributed by atoms with Crippen LogP contribution in [0.25, 0.3) is 5.82 Å². The molecule has 88 valence electrons. The normalized spacial score (nSPS) is 10.2. The monoisotopic (exact) mass is 238 g/mol. The second-order valence-electron chi connectivity index (χ2n) is 3.58. The van der Waals surface area contributed by atoms with Gasteiger partial charge in [0.15, 0.2) is 0 Å². The molecule has 0 radical (unpaired) electrons. The molecule has 1 aromatic carbocycles. The number of imidazole rings is 1. The lowest BCUT2D eigenvalue weighted by atomic mass is 10.3. The van der Waals surface area contributed by atoms with Crippen molar-refractivity contribution in [1.29, 1.82) is 0 Å². The minimum Gasteiger partial charge on any atom is -0.424 e. The molecule has 2 heterocycles. The first-order valence-electron chi connectivity index (χ1n) is 5.46. The number of para-hydroxylation sites is 1. The molecule has 0 atom stereocenters. The van der Waals surface area contributed by atoms with Crippen LogP contribution in [0.4, 0.5) is 0 Å². The lowest BCUT2D eigenvalue weighted by molar-refractivity contribution is 0.441. The minimum atomic E-state index is 0.312. The fourth-order valence-electron chi connectivity index (χ4n) is 1.51. The molecule has 5 nitrogen and oxygen atoms in total. The second-order valence-corrected chi connectivity index (χ2v) is 3.58. The highest BCUT2D eigenvalue weighted by molar-refractivity contribution is 5.27. The molecule has 3 rings (SSSR count). The molecule has 0 saturated carbocycles. The maximum atomic E-state index is 5.56. The van der Waals surface area contributed by atoms with E-state index in [0.717, 1.165) is 0 Å². The van der Waals surface area contributed by atoms with E-state index < -0.39 is 0 Å². The van der Waals surface area contributed by atoms with Gasteiger partial charge in [0, 0.05) is 24.7 Å². The summed E-state index contributed by atoms with van der Waals surface area (Å²) in [6.07, 6.45) is 6.84. The summed E-state index contributed by atoms with van der Waals surface area (Å²) in [4.78, 5) is 12.4. The number of rotatable bonds is 3. The van der Waals surface area contributed by atoms with Crippen LogP contribution in [0.3, 0.4) is 0 Å². The highest BCUT2D eigenvalue weighted by atomic mass is 16.5. The zero-order valence-corrected chi connectivity index (χ0v) is 9.47. The van der Waals surface area contributed by atoms with E-state index in [9.17, 15) is 0 Å². The number of ether oxygens (including phenoxy) is 1. The van der Waals surface area contributed by atoms with Crippen LogP contribution in [-0.4, -0.2) is 19.5 Å². The van der Waals surface area contributed by atoms with Crippen molar-refractivity contribution in [3.63, 3.8) is 0 Å². The molecule has 0 bridgehead atoms. The van der Waals surface area contributed by atoms with Crippen molar-refractivity contribution < 1.29 is 4.74 Å². The summed E-state index contributed by atoms with van der Waals surface area (Å²) < 4.78 is 7.35. The van der Waals surface area contributed by atoms with Crippen molar-refractivity contribution in [3.8, 4) is 17.6 Å². The highest BCUT2D eigenvalue weighted by Crippen LogP contribution is 2.17. The fourth-order valence-corrected chi connectivity index (χ4v) is 1.51. The molecule has 0 spiro atoms. The maximum absolute atomic E-state index is 5.56. The zero-order chi connectivity index (χ0) is 12.2. The Kier molecular flexibility index (Phi) is 2.71. The van der Waals surface area contributed by atoms with E-state index in [4.69, 9.17) is 4.74 Å². The molecule has 0 aliphatic carbocycles. The minimum absolute atomic E-state index is 0.312. The third kappa shape index (κ3) is 2.20. The van der Waals surface area contributed by atoms with Crippen LogP contribution >= 0.6 is 0 Å². The van der Waals surface area contributed by atoms with E-state index >= 15 is 0 Å². The molecule has 18 heavy (non-hydrogen) atoms. The summed E-state index contributed by atoms with van der Waals surface area (Å²) >= 11 is 0. The molecule has 0 N–H and O–H groups in total. The summed E-state index contributed by atoms with van der Waals surface area (Å²) in [6, 6.07) is 11.5. The van der Waals surface area contributed by atoms with Gasteiger partial charge in [-0.25, -0.2) is 9.97 Å². The van der Waals surface area contributed by atoms with Gasteiger partial charge in [-0.15, -0.1) is 0 Å². The summed E-state index contributed by atoms with van der Waals surface area (Å²) in [6.45, 7) is 0. The Morgan fingerprint density at radius 2 is 1.89 bits per heavy atom. The molecule has 3 aromatic rings. The zero-order valence-electron chi connectivity index (χ0n) is 9.47. The number of hydrogen-bond donors (Lipinski definition) is 0. The van der Waals surface area contributed by atoms with Gasteiger partial charge in [0.1, 0.15) is 17.9 Å². The van der Waals surface area contributed by atoms with Gasteiger partial charge in [-0.2, -0.15) is 4.98 Å². The smallest absolute Gasteiger partial charge is 0.323 e. The van der Waals surface area contributed by atoms with Crippen molar-refractivity contribution in [3.05, 3.63) is 61.3 Å². The molecular formula is C13H10N4O. The van der Waals surface area contributed by atoms with Gasteiger partial charge in [-0.1, -0.05) is 18.2 Å². The maximum Gasteiger partial charge on any atom is 0.323 e. The Bertz CT molecular complexity index is 623. The SMILES string of the molecule is c1ccc(Oc2nccc(-n3ccnc3)n2)cc1. The van der Waals surface area contributed by atoms with Gasteiger partial charge >= 0.3 is 6.01 Å². The number of nitrogens with zero attached hydrogens (tertiary/aromatic N) is 4. The van der Waals surface area contributed by atoms with Crippen molar-refractivity contribution in [1.82, 2.24) is 19.5 Å². The highest BCUT2D eigenvalue weighted by Gasteiger charge is 2.02. The first-order valence-corrected chi connectivity index (χ1v) is 5.46. The standard InChI is InChI=1S/C13H10N4O/c1-2-4-11(5-3-1)18-13-15-7-6-12(16-13)17-9-8-14-10-17/h1-10H. The predicted molar refractivity (Wildman–Crippen MR) is 65.7 cm³/mol. The van der Waals surface area contributed by atoms with Crippen LogP contribution in [0.5, 0.6) is 11.8 Å².